The van der Waals surface area contributed by atoms with Crippen LogP contribution in [0.4, 0.5) is 0 Å². The molecule has 0 bridgehead atoms. The molecule has 1 amide bonds. The third kappa shape index (κ3) is 3.68. The third-order valence-electron chi connectivity index (χ3n) is 2.98. The number of rotatable bonds is 5. The number of amides is 1. The molecule has 110 valence electrons. The van der Waals surface area contributed by atoms with E-state index < -0.39 is 10.0 Å². The molecule has 0 aliphatic heterocycles. The molecule has 0 saturated carbocycles. The van der Waals surface area contributed by atoms with Crippen LogP contribution in [0.2, 0.25) is 0 Å². The highest BCUT2D eigenvalue weighted by Crippen LogP contribution is 2.17. The maximum absolute atomic E-state index is 12.5. The Kier molecular flexibility index (Phi) is 5.08. The van der Waals surface area contributed by atoms with E-state index in [0.29, 0.717) is 17.7 Å². The predicted octanol–water partition coefficient (Wildman–Crippen LogP) is 1.68. The van der Waals surface area contributed by atoms with Crippen LogP contribution in [0.25, 0.3) is 0 Å². The minimum absolute atomic E-state index is 0.0157. The number of primary sulfonamides is 1. The molecule has 0 unspecified atom stereocenters. The molecule has 0 aliphatic carbocycles. The summed E-state index contributed by atoms with van der Waals surface area (Å²) >= 11 is 0. The topological polar surface area (TPSA) is 80.5 Å². The zero-order valence-corrected chi connectivity index (χ0v) is 12.8. The lowest BCUT2D eigenvalue weighted by Gasteiger charge is -2.26. The number of hydrogen-bond donors (Lipinski definition) is 1. The van der Waals surface area contributed by atoms with E-state index in [2.05, 4.69) is 6.58 Å². The molecule has 0 fully saturated rings. The largest absolute Gasteiger partial charge is 0.333 e. The average Bonchev–Trinajstić information content (AvgIpc) is 2.34. The van der Waals surface area contributed by atoms with E-state index in [9.17, 15) is 13.2 Å². The zero-order chi connectivity index (χ0) is 15.5. The molecule has 1 aromatic rings. The highest BCUT2D eigenvalue weighted by molar-refractivity contribution is 7.89. The van der Waals surface area contributed by atoms with Crippen molar-refractivity contribution in [3.05, 3.63) is 42.0 Å². The summed E-state index contributed by atoms with van der Waals surface area (Å²) in [7, 11) is -3.82. The maximum atomic E-state index is 12.5. The molecule has 0 atom stereocenters. The molecule has 0 saturated heterocycles. The monoisotopic (exact) mass is 296 g/mol. The van der Waals surface area contributed by atoms with Gasteiger partial charge >= 0.3 is 0 Å². The lowest BCUT2D eigenvalue weighted by atomic mass is 10.1. The van der Waals surface area contributed by atoms with Crippen LogP contribution in [0, 0.1) is 6.92 Å². The van der Waals surface area contributed by atoms with Gasteiger partial charge in [0.15, 0.2) is 0 Å². The average molecular weight is 296 g/mol. The van der Waals surface area contributed by atoms with Crippen LogP contribution in [0.15, 0.2) is 35.7 Å². The van der Waals surface area contributed by atoms with E-state index in [4.69, 9.17) is 5.14 Å². The zero-order valence-electron chi connectivity index (χ0n) is 12.0. The molecule has 2 N–H and O–H groups in total. The molecule has 0 radical (unpaired) electrons. The Morgan fingerprint density at radius 3 is 2.50 bits per heavy atom. The Bertz CT molecular complexity index is 621. The SMILES string of the molecule is C=CCN(C(=O)c1cc(S(N)(=O)=O)ccc1C)C(C)C. The Labute approximate surface area is 120 Å². The highest BCUT2D eigenvalue weighted by Gasteiger charge is 2.21. The standard InChI is InChI=1S/C14H20N2O3S/c1-5-8-16(10(2)3)14(17)13-9-12(20(15,18)19)7-6-11(13)4/h5-7,9-10H,1,8H2,2-4H3,(H2,15,18,19). The number of carbonyl (C=O) groups excluding carboxylic acids is 1. The first-order chi connectivity index (χ1) is 9.18. The Morgan fingerprint density at radius 1 is 1.45 bits per heavy atom. The van der Waals surface area contributed by atoms with Crippen molar-refractivity contribution in [2.75, 3.05) is 6.54 Å². The van der Waals surface area contributed by atoms with Crippen molar-refractivity contribution in [2.45, 2.75) is 31.7 Å². The molecule has 6 heteroatoms. The Morgan fingerprint density at radius 2 is 2.05 bits per heavy atom. The van der Waals surface area contributed by atoms with E-state index in [1.54, 1.807) is 24.0 Å². The summed E-state index contributed by atoms with van der Waals surface area (Å²) in [6.07, 6.45) is 1.64. The number of sulfonamides is 1. The molecule has 1 rings (SSSR count). The quantitative estimate of drug-likeness (QED) is 0.839. The van der Waals surface area contributed by atoms with Crippen LogP contribution >= 0.6 is 0 Å². The molecular formula is C14H20N2O3S. The van der Waals surface area contributed by atoms with Gasteiger partial charge in [-0.3, -0.25) is 4.79 Å². The van der Waals surface area contributed by atoms with E-state index in [0.717, 1.165) is 0 Å². The summed E-state index contributed by atoms with van der Waals surface area (Å²) in [5.41, 5.74) is 1.05. The van der Waals surface area contributed by atoms with Gasteiger partial charge in [0, 0.05) is 18.2 Å². The molecule has 5 nitrogen and oxygen atoms in total. The van der Waals surface area contributed by atoms with E-state index in [1.807, 2.05) is 13.8 Å². The van der Waals surface area contributed by atoms with Gasteiger partial charge in [0.05, 0.1) is 4.90 Å². The fraction of sp³-hybridized carbons (Fsp3) is 0.357. The lowest BCUT2D eigenvalue weighted by molar-refractivity contribution is 0.0728. The maximum Gasteiger partial charge on any atom is 0.254 e. The van der Waals surface area contributed by atoms with Crippen LogP contribution in [-0.2, 0) is 10.0 Å². The highest BCUT2D eigenvalue weighted by atomic mass is 32.2. The van der Waals surface area contributed by atoms with Crippen LogP contribution in [0.1, 0.15) is 29.8 Å². The predicted molar refractivity (Wildman–Crippen MR) is 78.9 cm³/mol. The Hall–Kier alpha value is -1.66. The summed E-state index contributed by atoms with van der Waals surface area (Å²) in [6, 6.07) is 4.29. The van der Waals surface area contributed by atoms with Crippen LogP contribution in [0.3, 0.4) is 0 Å². The Balaban J connectivity index is 3.30. The smallest absolute Gasteiger partial charge is 0.254 e. The number of nitrogens with two attached hydrogens (primary N) is 1. The van der Waals surface area contributed by atoms with Crippen molar-refractivity contribution in [3.8, 4) is 0 Å². The van der Waals surface area contributed by atoms with Gasteiger partial charge < -0.3 is 4.90 Å². The van der Waals surface area contributed by atoms with Gasteiger partial charge in [0.1, 0.15) is 0 Å². The number of aryl methyl sites for hydroxylation is 1. The second kappa shape index (κ2) is 6.19. The minimum atomic E-state index is -3.82. The van der Waals surface area contributed by atoms with Crippen molar-refractivity contribution in [1.29, 1.82) is 0 Å². The molecule has 0 aromatic heterocycles. The number of hydrogen-bond acceptors (Lipinski definition) is 3. The normalized spacial score (nSPS) is 11.4. The number of benzene rings is 1. The second-order valence-corrected chi connectivity index (χ2v) is 6.42. The van der Waals surface area contributed by atoms with Gasteiger partial charge in [-0.1, -0.05) is 12.1 Å². The van der Waals surface area contributed by atoms with E-state index in [1.165, 1.54) is 12.1 Å². The third-order valence-corrected chi connectivity index (χ3v) is 3.89. The molecule has 20 heavy (non-hydrogen) atoms. The van der Waals surface area contributed by atoms with Gasteiger partial charge in [0.2, 0.25) is 10.0 Å². The fourth-order valence-electron chi connectivity index (χ4n) is 1.83. The molecule has 0 heterocycles. The first kappa shape index (κ1) is 16.4. The fourth-order valence-corrected chi connectivity index (χ4v) is 2.37. The minimum Gasteiger partial charge on any atom is -0.333 e. The van der Waals surface area contributed by atoms with E-state index in [-0.39, 0.29) is 16.8 Å². The second-order valence-electron chi connectivity index (χ2n) is 4.86. The van der Waals surface area contributed by atoms with Gasteiger partial charge in [-0.25, -0.2) is 13.6 Å². The summed E-state index contributed by atoms with van der Waals surface area (Å²) in [5, 5.41) is 5.10. The molecule has 1 aromatic carbocycles. The van der Waals surface area contributed by atoms with Crippen molar-refractivity contribution < 1.29 is 13.2 Å². The van der Waals surface area contributed by atoms with Gasteiger partial charge in [-0.2, -0.15) is 0 Å². The molecule has 0 spiro atoms. The molecular weight excluding hydrogens is 276 g/mol. The number of nitrogens with zero attached hydrogens (tertiary/aromatic N) is 1. The van der Waals surface area contributed by atoms with Crippen LogP contribution in [0.5, 0.6) is 0 Å². The van der Waals surface area contributed by atoms with Gasteiger partial charge in [-0.15, -0.1) is 6.58 Å². The summed E-state index contributed by atoms with van der Waals surface area (Å²) in [4.78, 5) is 14.1. The van der Waals surface area contributed by atoms with Crippen molar-refractivity contribution >= 4 is 15.9 Å². The van der Waals surface area contributed by atoms with Crippen molar-refractivity contribution in [1.82, 2.24) is 4.90 Å². The van der Waals surface area contributed by atoms with Gasteiger partial charge in [0.25, 0.3) is 5.91 Å². The van der Waals surface area contributed by atoms with Crippen LogP contribution < -0.4 is 5.14 Å². The van der Waals surface area contributed by atoms with Crippen molar-refractivity contribution in [2.24, 2.45) is 5.14 Å². The first-order valence-electron chi connectivity index (χ1n) is 6.23. The first-order valence-corrected chi connectivity index (χ1v) is 7.78. The summed E-state index contributed by atoms with van der Waals surface area (Å²) in [5.74, 6) is -0.233. The summed E-state index contributed by atoms with van der Waals surface area (Å²) < 4.78 is 22.8. The number of carbonyl (C=O) groups is 1. The lowest BCUT2D eigenvalue weighted by Crippen LogP contribution is -2.37. The van der Waals surface area contributed by atoms with E-state index >= 15 is 0 Å². The van der Waals surface area contributed by atoms with Crippen LogP contribution in [-0.4, -0.2) is 31.8 Å². The van der Waals surface area contributed by atoms with Crippen molar-refractivity contribution in [3.63, 3.8) is 0 Å². The molecule has 0 aliphatic rings. The summed E-state index contributed by atoms with van der Waals surface area (Å²) in [6.45, 7) is 9.56. The van der Waals surface area contributed by atoms with Gasteiger partial charge in [-0.05, 0) is 38.5 Å².